The standard InChI is InChI=1S/C10H10N2O3/c13-9(14)6-3-7-8(11-4-6)12-10(1-2-10)5-15-7/h3-4H,1-2,5H2,(H,11,12)(H,13,14). The van der Waals surface area contributed by atoms with E-state index >= 15 is 0 Å². The number of carboxylic acids is 1. The number of pyridine rings is 1. The van der Waals surface area contributed by atoms with Crippen molar-refractivity contribution in [2.75, 3.05) is 11.9 Å². The lowest BCUT2D eigenvalue weighted by Crippen LogP contribution is -2.34. The van der Waals surface area contributed by atoms with Gasteiger partial charge in [0.05, 0.1) is 11.1 Å². The molecule has 0 radical (unpaired) electrons. The van der Waals surface area contributed by atoms with Gasteiger partial charge in [-0.2, -0.15) is 0 Å². The molecular formula is C10H10N2O3. The van der Waals surface area contributed by atoms with E-state index in [9.17, 15) is 4.79 Å². The number of anilines is 1. The van der Waals surface area contributed by atoms with E-state index in [2.05, 4.69) is 10.3 Å². The second-order valence-corrected chi connectivity index (χ2v) is 4.07. The zero-order valence-corrected chi connectivity index (χ0v) is 7.99. The van der Waals surface area contributed by atoms with Crippen LogP contribution in [0.5, 0.6) is 5.75 Å². The molecule has 2 aliphatic rings. The molecule has 1 fully saturated rings. The lowest BCUT2D eigenvalue weighted by Gasteiger charge is -2.26. The highest BCUT2D eigenvalue weighted by molar-refractivity contribution is 5.88. The first-order valence-corrected chi connectivity index (χ1v) is 4.83. The van der Waals surface area contributed by atoms with Crippen LogP contribution in [0.25, 0.3) is 0 Å². The summed E-state index contributed by atoms with van der Waals surface area (Å²) in [5, 5.41) is 12.1. The number of aromatic carboxylic acids is 1. The highest BCUT2D eigenvalue weighted by atomic mass is 16.5. The largest absolute Gasteiger partial charge is 0.487 e. The van der Waals surface area contributed by atoms with Gasteiger partial charge in [-0.1, -0.05) is 0 Å². The Morgan fingerprint density at radius 2 is 2.40 bits per heavy atom. The molecule has 0 aromatic carbocycles. The number of carboxylic acid groups (broad SMARTS) is 1. The van der Waals surface area contributed by atoms with Crippen molar-refractivity contribution in [2.45, 2.75) is 18.4 Å². The number of hydrogen-bond donors (Lipinski definition) is 2. The zero-order valence-electron chi connectivity index (χ0n) is 7.99. The lowest BCUT2D eigenvalue weighted by atomic mass is 10.2. The molecule has 1 aliphatic heterocycles. The highest BCUT2D eigenvalue weighted by Crippen LogP contribution is 2.44. The van der Waals surface area contributed by atoms with Gasteiger partial charge in [-0.25, -0.2) is 9.78 Å². The maximum absolute atomic E-state index is 10.7. The van der Waals surface area contributed by atoms with Gasteiger partial charge in [0.2, 0.25) is 0 Å². The van der Waals surface area contributed by atoms with E-state index in [1.165, 1.54) is 12.3 Å². The van der Waals surface area contributed by atoms with Crippen LogP contribution < -0.4 is 10.1 Å². The summed E-state index contributed by atoms with van der Waals surface area (Å²) in [4.78, 5) is 14.8. The fourth-order valence-electron chi connectivity index (χ4n) is 1.69. The van der Waals surface area contributed by atoms with Crippen molar-refractivity contribution < 1.29 is 14.6 Å². The molecule has 0 unspecified atom stereocenters. The van der Waals surface area contributed by atoms with Crippen molar-refractivity contribution in [2.24, 2.45) is 0 Å². The quantitative estimate of drug-likeness (QED) is 0.720. The molecule has 78 valence electrons. The number of fused-ring (bicyclic) bond motifs is 1. The molecule has 5 nitrogen and oxygen atoms in total. The van der Waals surface area contributed by atoms with E-state index in [1.807, 2.05) is 0 Å². The molecule has 0 bridgehead atoms. The highest BCUT2D eigenvalue weighted by Gasteiger charge is 2.46. The molecule has 1 aromatic heterocycles. The lowest BCUT2D eigenvalue weighted by molar-refractivity contribution is 0.0696. The minimum absolute atomic E-state index is 0.0741. The maximum Gasteiger partial charge on any atom is 0.337 e. The van der Waals surface area contributed by atoms with Gasteiger partial charge in [0, 0.05) is 12.3 Å². The Balaban J connectivity index is 1.97. The molecule has 1 aromatic rings. The average Bonchev–Trinajstić information content (AvgIpc) is 2.97. The summed E-state index contributed by atoms with van der Waals surface area (Å²) in [7, 11) is 0. The fourth-order valence-corrected chi connectivity index (χ4v) is 1.69. The zero-order chi connectivity index (χ0) is 10.5. The van der Waals surface area contributed by atoms with Crippen molar-refractivity contribution in [3.63, 3.8) is 0 Å². The summed E-state index contributed by atoms with van der Waals surface area (Å²) in [6, 6.07) is 1.51. The van der Waals surface area contributed by atoms with Gasteiger partial charge < -0.3 is 15.2 Å². The van der Waals surface area contributed by atoms with Crippen molar-refractivity contribution in [3.8, 4) is 5.75 Å². The molecule has 0 saturated heterocycles. The first-order chi connectivity index (χ1) is 7.19. The van der Waals surface area contributed by atoms with Crippen LogP contribution in [-0.2, 0) is 0 Å². The number of nitrogens with one attached hydrogen (secondary N) is 1. The Labute approximate surface area is 86.1 Å². The number of hydrogen-bond acceptors (Lipinski definition) is 4. The van der Waals surface area contributed by atoms with Crippen LogP contribution in [0.15, 0.2) is 12.3 Å². The molecule has 2 heterocycles. The van der Waals surface area contributed by atoms with Gasteiger partial charge in [-0.3, -0.25) is 0 Å². The number of carbonyl (C=O) groups is 1. The molecule has 1 aliphatic carbocycles. The van der Waals surface area contributed by atoms with Crippen LogP contribution in [0.3, 0.4) is 0 Å². The monoisotopic (exact) mass is 206 g/mol. The molecule has 2 N–H and O–H groups in total. The van der Waals surface area contributed by atoms with Gasteiger partial charge in [0.25, 0.3) is 0 Å². The van der Waals surface area contributed by atoms with E-state index < -0.39 is 5.97 Å². The van der Waals surface area contributed by atoms with Gasteiger partial charge in [-0.05, 0) is 12.8 Å². The smallest absolute Gasteiger partial charge is 0.337 e. The Morgan fingerprint density at radius 1 is 1.60 bits per heavy atom. The van der Waals surface area contributed by atoms with Crippen LogP contribution >= 0.6 is 0 Å². The molecule has 0 atom stereocenters. The maximum atomic E-state index is 10.7. The summed E-state index contributed by atoms with van der Waals surface area (Å²) in [6.45, 7) is 0.602. The predicted octanol–water partition coefficient (Wildman–Crippen LogP) is 1.12. The van der Waals surface area contributed by atoms with E-state index in [-0.39, 0.29) is 11.1 Å². The first kappa shape index (κ1) is 8.52. The number of aromatic nitrogens is 1. The van der Waals surface area contributed by atoms with E-state index in [1.54, 1.807) is 0 Å². The summed E-state index contributed by atoms with van der Waals surface area (Å²) in [6.07, 6.45) is 3.53. The third kappa shape index (κ3) is 1.31. The topological polar surface area (TPSA) is 71.5 Å². The minimum atomic E-state index is -0.986. The van der Waals surface area contributed by atoms with Crippen molar-refractivity contribution in [1.82, 2.24) is 4.98 Å². The number of rotatable bonds is 1. The van der Waals surface area contributed by atoms with Crippen LogP contribution in [-0.4, -0.2) is 28.2 Å². The second kappa shape index (κ2) is 2.62. The summed E-state index contributed by atoms with van der Waals surface area (Å²) >= 11 is 0. The fraction of sp³-hybridized carbons (Fsp3) is 0.400. The molecule has 15 heavy (non-hydrogen) atoms. The third-order valence-corrected chi connectivity index (χ3v) is 2.84. The molecule has 5 heteroatoms. The summed E-state index contributed by atoms with van der Waals surface area (Å²) in [5.74, 6) is 0.205. The second-order valence-electron chi connectivity index (χ2n) is 4.07. The van der Waals surface area contributed by atoms with Crippen LogP contribution in [0.1, 0.15) is 23.2 Å². The van der Waals surface area contributed by atoms with Crippen molar-refractivity contribution >= 4 is 11.8 Å². The Hall–Kier alpha value is -1.78. The molecular weight excluding hydrogens is 196 g/mol. The Kier molecular flexibility index (Phi) is 1.49. The van der Waals surface area contributed by atoms with E-state index in [0.717, 1.165) is 12.8 Å². The summed E-state index contributed by atoms with van der Waals surface area (Å²) in [5.41, 5.74) is 0.229. The van der Waals surface area contributed by atoms with Crippen LogP contribution in [0, 0.1) is 0 Å². The SMILES string of the molecule is O=C(O)c1cnc2c(c1)OCC1(CC1)N2. The first-order valence-electron chi connectivity index (χ1n) is 4.83. The third-order valence-electron chi connectivity index (χ3n) is 2.84. The molecule has 1 saturated carbocycles. The summed E-state index contributed by atoms with van der Waals surface area (Å²) < 4.78 is 5.50. The predicted molar refractivity (Wildman–Crippen MR) is 52.3 cm³/mol. The number of nitrogens with zero attached hydrogens (tertiary/aromatic N) is 1. The van der Waals surface area contributed by atoms with Gasteiger partial charge in [0.15, 0.2) is 11.6 Å². The normalized spacial score (nSPS) is 20.0. The van der Waals surface area contributed by atoms with E-state index in [0.29, 0.717) is 18.2 Å². The van der Waals surface area contributed by atoms with Crippen molar-refractivity contribution in [3.05, 3.63) is 17.8 Å². The minimum Gasteiger partial charge on any atom is -0.487 e. The van der Waals surface area contributed by atoms with Gasteiger partial charge in [-0.15, -0.1) is 0 Å². The van der Waals surface area contributed by atoms with Crippen LogP contribution in [0.2, 0.25) is 0 Å². The Morgan fingerprint density at radius 3 is 3.07 bits per heavy atom. The van der Waals surface area contributed by atoms with E-state index in [4.69, 9.17) is 9.84 Å². The van der Waals surface area contributed by atoms with Crippen LogP contribution in [0.4, 0.5) is 5.82 Å². The number of ether oxygens (including phenoxy) is 1. The van der Waals surface area contributed by atoms with Gasteiger partial charge in [0.1, 0.15) is 6.61 Å². The molecule has 0 amide bonds. The van der Waals surface area contributed by atoms with Crippen molar-refractivity contribution in [1.29, 1.82) is 0 Å². The molecule has 3 rings (SSSR count). The Bertz CT molecular complexity index is 440. The van der Waals surface area contributed by atoms with Gasteiger partial charge >= 0.3 is 5.97 Å². The molecule has 1 spiro atoms. The average molecular weight is 206 g/mol.